The van der Waals surface area contributed by atoms with Gasteiger partial charge in [0, 0.05) is 53.9 Å². The molecule has 0 saturated carbocycles. The quantitative estimate of drug-likeness (QED) is 0.370. The van der Waals surface area contributed by atoms with Gasteiger partial charge in [-0.3, -0.25) is 9.59 Å². The number of nitrogen functional groups attached to an aromatic ring is 1. The Balaban J connectivity index is 1.37. The Kier molecular flexibility index (Phi) is 8.65. The van der Waals surface area contributed by atoms with E-state index >= 15 is 0 Å². The number of rotatable bonds is 7. The van der Waals surface area contributed by atoms with Crippen molar-refractivity contribution in [2.75, 3.05) is 30.7 Å². The first-order valence-electron chi connectivity index (χ1n) is 12.0. The predicted octanol–water partition coefficient (Wildman–Crippen LogP) is 4.20. The summed E-state index contributed by atoms with van der Waals surface area (Å²) in [4.78, 5) is 27.5. The lowest BCUT2D eigenvalue weighted by Gasteiger charge is -2.36. The van der Waals surface area contributed by atoms with E-state index < -0.39 is 11.7 Å². The molecule has 0 spiro atoms. The second-order valence-corrected chi connectivity index (χ2v) is 9.89. The fourth-order valence-electron chi connectivity index (χ4n) is 4.24. The first-order chi connectivity index (χ1) is 18.1. The van der Waals surface area contributed by atoms with E-state index in [1.807, 2.05) is 18.7 Å². The minimum Gasteiger partial charge on any atom is -0.489 e. The normalized spacial score (nSPS) is 17.2. The van der Waals surface area contributed by atoms with Crippen LogP contribution in [0, 0.1) is 5.82 Å². The Morgan fingerprint density at radius 1 is 1.13 bits per heavy atom. The van der Waals surface area contributed by atoms with Crippen LogP contribution in [-0.4, -0.2) is 58.7 Å². The monoisotopic (exact) mass is 560 g/mol. The zero-order valence-corrected chi connectivity index (χ0v) is 22.3. The van der Waals surface area contributed by atoms with Crippen molar-refractivity contribution >= 4 is 46.5 Å². The van der Waals surface area contributed by atoms with Crippen LogP contribution < -0.4 is 21.1 Å². The first kappa shape index (κ1) is 27.6. The number of carbonyl (C=O) groups is 2. The topological polar surface area (TPSA) is 122 Å². The molecule has 2 aromatic carbocycles. The highest BCUT2D eigenvalue weighted by Gasteiger charge is 2.25. The molecule has 2 amide bonds. The zero-order chi connectivity index (χ0) is 27.4. The number of nitrogens with two attached hydrogens (primary N) is 1. The molecule has 38 heavy (non-hydrogen) atoms. The maximum absolute atomic E-state index is 13.7. The van der Waals surface area contributed by atoms with Gasteiger partial charge in [-0.2, -0.15) is 0 Å². The third-order valence-electron chi connectivity index (χ3n) is 6.00. The van der Waals surface area contributed by atoms with Gasteiger partial charge in [-0.05, 0) is 55.8 Å². The largest absolute Gasteiger partial charge is 0.489 e. The summed E-state index contributed by atoms with van der Waals surface area (Å²) in [7, 11) is 0. The van der Waals surface area contributed by atoms with Gasteiger partial charge >= 0.3 is 0 Å². The Bertz CT molecular complexity index is 1330. The van der Waals surface area contributed by atoms with Gasteiger partial charge in [0.25, 0.3) is 11.8 Å². The van der Waals surface area contributed by atoms with E-state index in [2.05, 4.69) is 20.8 Å². The number of carbonyl (C=O) groups excluding carboxylic acids is 2. The number of nitrogens with zero attached hydrogens (tertiary/aromatic N) is 3. The molecule has 0 bridgehead atoms. The molecular formula is C26H27Cl2FN6O3. The standard InChI is InChI=1S/C26H27Cl2FN6O3/c1-14-12-35(13-15(2)31-14)26(37)16-3-5-17(6-4-16)32-25(36)21-11-22(24(30)34-33-21)38-10-9-18-19(27)7-8-20(29)23(18)28/h3-8,11,14-15,31H,9-10,12-13H2,1-2H3,(H2,30,34)(H,32,36). The maximum Gasteiger partial charge on any atom is 0.276 e. The second-order valence-electron chi connectivity index (χ2n) is 9.11. The molecule has 1 aliphatic heterocycles. The van der Waals surface area contributed by atoms with E-state index in [0.29, 0.717) is 34.9 Å². The van der Waals surface area contributed by atoms with Gasteiger partial charge in [-0.25, -0.2) is 4.39 Å². The fraction of sp³-hybridized carbons (Fsp3) is 0.308. The van der Waals surface area contributed by atoms with E-state index in [-0.39, 0.29) is 53.3 Å². The van der Waals surface area contributed by atoms with E-state index in [1.54, 1.807) is 24.3 Å². The third-order valence-corrected chi connectivity index (χ3v) is 6.76. The van der Waals surface area contributed by atoms with Crippen molar-refractivity contribution < 1.29 is 18.7 Å². The summed E-state index contributed by atoms with van der Waals surface area (Å²) in [6, 6.07) is 11.0. The van der Waals surface area contributed by atoms with Gasteiger partial charge in [0.05, 0.1) is 11.6 Å². The molecule has 0 radical (unpaired) electrons. The number of hydrogen-bond acceptors (Lipinski definition) is 7. The number of nitrogens with one attached hydrogen (secondary N) is 2. The van der Waals surface area contributed by atoms with Crippen molar-refractivity contribution in [2.24, 2.45) is 0 Å². The number of halogens is 3. The average Bonchev–Trinajstić information content (AvgIpc) is 2.88. The van der Waals surface area contributed by atoms with Gasteiger partial charge in [-0.1, -0.05) is 23.2 Å². The average molecular weight is 561 g/mol. The second kappa shape index (κ2) is 11.9. The Morgan fingerprint density at radius 3 is 2.50 bits per heavy atom. The highest BCUT2D eigenvalue weighted by Crippen LogP contribution is 2.28. The molecule has 4 rings (SSSR count). The molecule has 1 aromatic heterocycles. The molecule has 1 saturated heterocycles. The summed E-state index contributed by atoms with van der Waals surface area (Å²) in [5.74, 6) is -1.07. The minimum absolute atomic E-state index is 0.0163. The molecule has 1 aliphatic rings. The first-order valence-corrected chi connectivity index (χ1v) is 12.7. The van der Waals surface area contributed by atoms with Crippen LogP contribution in [-0.2, 0) is 6.42 Å². The van der Waals surface area contributed by atoms with Crippen LogP contribution in [0.4, 0.5) is 15.9 Å². The molecule has 2 atom stereocenters. The number of piperazine rings is 1. The SMILES string of the molecule is CC1CN(C(=O)c2ccc(NC(=O)c3cc(OCCc4c(Cl)ccc(F)c4Cl)c(N)nn3)cc2)CC(C)N1. The molecule has 200 valence electrons. The predicted molar refractivity (Wildman–Crippen MR) is 144 cm³/mol. The van der Waals surface area contributed by atoms with Crippen molar-refractivity contribution in [3.05, 3.63) is 75.1 Å². The van der Waals surface area contributed by atoms with E-state index in [0.717, 1.165) is 0 Å². The van der Waals surface area contributed by atoms with Gasteiger partial charge < -0.3 is 26.0 Å². The van der Waals surface area contributed by atoms with Crippen LogP contribution in [0.15, 0.2) is 42.5 Å². The summed E-state index contributed by atoms with van der Waals surface area (Å²) in [6.45, 7) is 5.40. The van der Waals surface area contributed by atoms with Gasteiger partial charge in [0.15, 0.2) is 17.3 Å². The molecule has 4 N–H and O–H groups in total. The van der Waals surface area contributed by atoms with Crippen molar-refractivity contribution in [2.45, 2.75) is 32.4 Å². The van der Waals surface area contributed by atoms with E-state index in [1.165, 1.54) is 18.2 Å². The summed E-state index contributed by atoms with van der Waals surface area (Å²) in [5.41, 5.74) is 7.23. The van der Waals surface area contributed by atoms with Gasteiger partial charge in [0.1, 0.15) is 5.82 Å². The van der Waals surface area contributed by atoms with Crippen LogP contribution in [0.5, 0.6) is 5.75 Å². The molecule has 1 fully saturated rings. The Labute approximate surface area is 229 Å². The Morgan fingerprint density at radius 2 is 1.82 bits per heavy atom. The smallest absolute Gasteiger partial charge is 0.276 e. The summed E-state index contributed by atoms with van der Waals surface area (Å²) < 4.78 is 19.4. The number of benzene rings is 2. The summed E-state index contributed by atoms with van der Waals surface area (Å²) >= 11 is 12.1. The van der Waals surface area contributed by atoms with Crippen molar-refractivity contribution in [3.63, 3.8) is 0 Å². The van der Waals surface area contributed by atoms with Crippen LogP contribution in [0.2, 0.25) is 10.0 Å². The lowest BCUT2D eigenvalue weighted by molar-refractivity contribution is 0.0673. The van der Waals surface area contributed by atoms with E-state index in [4.69, 9.17) is 33.7 Å². The molecule has 2 unspecified atom stereocenters. The fourth-order valence-corrected chi connectivity index (χ4v) is 4.80. The van der Waals surface area contributed by atoms with Gasteiger partial charge in [-0.15, -0.1) is 10.2 Å². The summed E-state index contributed by atoms with van der Waals surface area (Å²) in [6.07, 6.45) is 0.204. The minimum atomic E-state index is -0.583. The molecular weight excluding hydrogens is 534 g/mol. The van der Waals surface area contributed by atoms with Crippen molar-refractivity contribution in [1.82, 2.24) is 20.4 Å². The zero-order valence-electron chi connectivity index (χ0n) is 20.8. The highest BCUT2D eigenvalue weighted by atomic mass is 35.5. The third kappa shape index (κ3) is 6.50. The lowest BCUT2D eigenvalue weighted by Crippen LogP contribution is -2.55. The molecule has 0 aliphatic carbocycles. The van der Waals surface area contributed by atoms with Crippen LogP contribution in [0.3, 0.4) is 0 Å². The molecule has 9 nitrogen and oxygen atoms in total. The van der Waals surface area contributed by atoms with Crippen molar-refractivity contribution in [1.29, 1.82) is 0 Å². The molecule has 2 heterocycles. The van der Waals surface area contributed by atoms with Crippen molar-refractivity contribution in [3.8, 4) is 5.75 Å². The number of hydrogen-bond donors (Lipinski definition) is 3. The highest BCUT2D eigenvalue weighted by molar-refractivity contribution is 6.36. The maximum atomic E-state index is 13.7. The molecule has 12 heteroatoms. The van der Waals surface area contributed by atoms with E-state index in [9.17, 15) is 14.0 Å². The van der Waals surface area contributed by atoms with Gasteiger partial charge in [0.2, 0.25) is 0 Å². The number of anilines is 2. The molecule has 3 aromatic rings. The van der Waals surface area contributed by atoms with Crippen LogP contribution >= 0.6 is 23.2 Å². The van der Waals surface area contributed by atoms with Crippen LogP contribution in [0.1, 0.15) is 40.3 Å². The number of amides is 2. The summed E-state index contributed by atoms with van der Waals surface area (Å²) in [5, 5.41) is 14.0. The number of ether oxygens (including phenoxy) is 1. The Hall–Kier alpha value is -3.47. The van der Waals surface area contributed by atoms with Crippen LogP contribution in [0.25, 0.3) is 0 Å². The lowest BCUT2D eigenvalue weighted by atomic mass is 10.1. The number of aromatic nitrogens is 2.